The SMILES string of the molecule is CCCCOP(=O)(OCC(C)CC(C)(C)C)c1ccccc1. The Bertz CT molecular complexity index is 465. The molecule has 3 nitrogen and oxygen atoms in total. The van der Waals surface area contributed by atoms with Crippen molar-refractivity contribution in [1.82, 2.24) is 0 Å². The van der Waals surface area contributed by atoms with E-state index in [1.54, 1.807) is 0 Å². The third-order valence-electron chi connectivity index (χ3n) is 3.32. The van der Waals surface area contributed by atoms with Crippen LogP contribution in [-0.2, 0) is 13.6 Å². The summed E-state index contributed by atoms with van der Waals surface area (Å²) in [4.78, 5) is 0. The summed E-state index contributed by atoms with van der Waals surface area (Å²) in [5.74, 6) is 0.340. The second-order valence-corrected chi connectivity index (χ2v) is 9.21. The van der Waals surface area contributed by atoms with Crippen LogP contribution in [0.5, 0.6) is 0 Å². The van der Waals surface area contributed by atoms with E-state index in [9.17, 15) is 4.57 Å². The Labute approximate surface area is 136 Å². The number of benzene rings is 1. The number of hydrogen-bond donors (Lipinski definition) is 0. The van der Waals surface area contributed by atoms with Crippen LogP contribution >= 0.6 is 7.60 Å². The monoisotopic (exact) mass is 326 g/mol. The van der Waals surface area contributed by atoms with Crippen molar-refractivity contribution in [2.24, 2.45) is 11.3 Å². The van der Waals surface area contributed by atoms with Gasteiger partial charge in [-0.2, -0.15) is 0 Å². The van der Waals surface area contributed by atoms with Crippen molar-refractivity contribution in [2.45, 2.75) is 53.9 Å². The fraction of sp³-hybridized carbons (Fsp3) is 0.667. The maximum absolute atomic E-state index is 13.1. The Hall–Kier alpha value is -0.630. The van der Waals surface area contributed by atoms with E-state index in [0.29, 0.717) is 24.4 Å². The van der Waals surface area contributed by atoms with Crippen LogP contribution in [0.3, 0.4) is 0 Å². The maximum atomic E-state index is 13.1. The lowest BCUT2D eigenvalue weighted by molar-refractivity contribution is 0.167. The number of hydrogen-bond acceptors (Lipinski definition) is 3. The van der Waals surface area contributed by atoms with Gasteiger partial charge in [0.25, 0.3) is 0 Å². The van der Waals surface area contributed by atoms with Crippen molar-refractivity contribution in [2.75, 3.05) is 13.2 Å². The molecule has 0 heterocycles. The summed E-state index contributed by atoms with van der Waals surface area (Å²) in [5.41, 5.74) is 0.239. The van der Waals surface area contributed by atoms with Gasteiger partial charge in [0.05, 0.1) is 18.5 Å². The van der Waals surface area contributed by atoms with Gasteiger partial charge in [0, 0.05) is 0 Å². The van der Waals surface area contributed by atoms with E-state index in [4.69, 9.17) is 9.05 Å². The van der Waals surface area contributed by atoms with Crippen LogP contribution in [-0.4, -0.2) is 13.2 Å². The van der Waals surface area contributed by atoms with Gasteiger partial charge >= 0.3 is 7.60 Å². The molecular formula is C18H31O3P. The lowest BCUT2D eigenvalue weighted by atomic mass is 9.86. The average Bonchev–Trinajstić information content (AvgIpc) is 2.45. The lowest BCUT2D eigenvalue weighted by Gasteiger charge is -2.25. The molecule has 0 radical (unpaired) electrons. The molecule has 1 aromatic carbocycles. The molecule has 1 rings (SSSR count). The zero-order chi connectivity index (χ0) is 16.6. The average molecular weight is 326 g/mol. The highest BCUT2D eigenvalue weighted by molar-refractivity contribution is 7.62. The highest BCUT2D eigenvalue weighted by Gasteiger charge is 2.28. The van der Waals surface area contributed by atoms with E-state index < -0.39 is 7.60 Å². The highest BCUT2D eigenvalue weighted by atomic mass is 31.2. The predicted octanol–water partition coefficient (Wildman–Crippen LogP) is 5.41. The predicted molar refractivity (Wildman–Crippen MR) is 93.7 cm³/mol. The molecule has 2 atom stereocenters. The summed E-state index contributed by atoms with van der Waals surface area (Å²) >= 11 is 0. The van der Waals surface area contributed by atoms with Crippen molar-refractivity contribution in [3.8, 4) is 0 Å². The molecule has 0 aliphatic heterocycles. The van der Waals surface area contributed by atoms with Crippen molar-refractivity contribution in [1.29, 1.82) is 0 Å². The van der Waals surface area contributed by atoms with Crippen molar-refractivity contribution in [3.63, 3.8) is 0 Å². The normalized spacial score (nSPS) is 16.2. The molecule has 1 aromatic rings. The lowest BCUT2D eigenvalue weighted by Crippen LogP contribution is -2.18. The molecule has 22 heavy (non-hydrogen) atoms. The molecule has 0 aromatic heterocycles. The molecule has 0 spiro atoms. The largest absolute Gasteiger partial charge is 0.361 e. The Kier molecular flexibility index (Phi) is 7.82. The zero-order valence-corrected chi connectivity index (χ0v) is 15.6. The van der Waals surface area contributed by atoms with Crippen molar-refractivity contribution >= 4 is 12.9 Å². The quantitative estimate of drug-likeness (QED) is 0.449. The van der Waals surface area contributed by atoms with Gasteiger partial charge in [0.1, 0.15) is 0 Å². The van der Waals surface area contributed by atoms with Crippen molar-refractivity contribution < 1.29 is 13.6 Å². The van der Waals surface area contributed by atoms with E-state index in [1.807, 2.05) is 30.3 Å². The van der Waals surface area contributed by atoms with Gasteiger partial charge in [0.15, 0.2) is 0 Å². The van der Waals surface area contributed by atoms with Gasteiger partial charge in [-0.1, -0.05) is 59.2 Å². The highest BCUT2D eigenvalue weighted by Crippen LogP contribution is 2.47. The van der Waals surface area contributed by atoms with Crippen molar-refractivity contribution in [3.05, 3.63) is 30.3 Å². The van der Waals surface area contributed by atoms with E-state index in [1.165, 1.54) is 0 Å². The van der Waals surface area contributed by atoms with Gasteiger partial charge < -0.3 is 9.05 Å². The van der Waals surface area contributed by atoms with Crippen LogP contribution in [0.4, 0.5) is 0 Å². The minimum atomic E-state index is -3.22. The van der Waals surface area contributed by atoms with E-state index in [-0.39, 0.29) is 5.41 Å². The summed E-state index contributed by atoms with van der Waals surface area (Å²) in [6.45, 7) is 11.8. The molecule has 0 amide bonds. The number of rotatable bonds is 9. The first kappa shape index (κ1) is 19.4. The standard InChI is InChI=1S/C18H31O3P/c1-6-7-13-20-22(19,17-11-9-8-10-12-17)21-15-16(2)14-18(3,4)5/h8-12,16H,6-7,13-15H2,1-5H3. The minimum absolute atomic E-state index is 0.239. The van der Waals surface area contributed by atoms with Crippen LogP contribution < -0.4 is 5.30 Å². The molecule has 0 aliphatic rings. The Morgan fingerprint density at radius 3 is 2.32 bits per heavy atom. The molecular weight excluding hydrogens is 295 g/mol. The molecule has 0 bridgehead atoms. The molecule has 0 saturated heterocycles. The summed E-state index contributed by atoms with van der Waals surface area (Å²) in [6.07, 6.45) is 2.92. The topological polar surface area (TPSA) is 35.5 Å². The Morgan fingerprint density at radius 2 is 1.77 bits per heavy atom. The molecule has 0 aliphatic carbocycles. The minimum Gasteiger partial charge on any atom is -0.305 e. The Balaban J connectivity index is 2.73. The molecule has 0 saturated carbocycles. The van der Waals surface area contributed by atoms with Crippen LogP contribution in [0.15, 0.2) is 30.3 Å². The first-order valence-electron chi connectivity index (χ1n) is 8.21. The van der Waals surface area contributed by atoms with Crippen LogP contribution in [0.2, 0.25) is 0 Å². The second kappa shape index (κ2) is 8.86. The Morgan fingerprint density at radius 1 is 1.14 bits per heavy atom. The van der Waals surface area contributed by atoms with Crippen LogP contribution in [0.1, 0.15) is 53.9 Å². The summed E-state index contributed by atoms with van der Waals surface area (Å²) in [5, 5.41) is 0.647. The number of unbranched alkanes of at least 4 members (excludes halogenated alkanes) is 1. The molecule has 0 fully saturated rings. The van der Waals surface area contributed by atoms with Gasteiger partial charge in [-0.15, -0.1) is 0 Å². The second-order valence-electron chi connectivity index (χ2n) is 7.19. The maximum Gasteiger partial charge on any atom is 0.361 e. The molecule has 2 unspecified atom stereocenters. The van der Waals surface area contributed by atoms with Crippen LogP contribution in [0, 0.1) is 11.3 Å². The summed E-state index contributed by atoms with van der Waals surface area (Å²) in [7, 11) is -3.22. The summed E-state index contributed by atoms with van der Waals surface area (Å²) in [6, 6.07) is 9.28. The van der Waals surface area contributed by atoms with Gasteiger partial charge in [-0.3, -0.25) is 4.57 Å². The zero-order valence-electron chi connectivity index (χ0n) is 14.7. The van der Waals surface area contributed by atoms with E-state index in [2.05, 4.69) is 34.6 Å². The van der Waals surface area contributed by atoms with E-state index >= 15 is 0 Å². The molecule has 126 valence electrons. The third kappa shape index (κ3) is 7.09. The van der Waals surface area contributed by atoms with Gasteiger partial charge in [-0.25, -0.2) is 0 Å². The third-order valence-corrected chi connectivity index (χ3v) is 5.26. The first-order chi connectivity index (χ1) is 10.3. The smallest absolute Gasteiger partial charge is 0.305 e. The first-order valence-corrected chi connectivity index (χ1v) is 9.76. The fourth-order valence-electron chi connectivity index (χ4n) is 2.46. The van der Waals surface area contributed by atoms with E-state index in [0.717, 1.165) is 19.3 Å². The van der Waals surface area contributed by atoms with Gasteiger partial charge in [0.2, 0.25) is 0 Å². The van der Waals surface area contributed by atoms with Crippen LogP contribution in [0.25, 0.3) is 0 Å². The molecule has 0 N–H and O–H groups in total. The summed E-state index contributed by atoms with van der Waals surface area (Å²) < 4.78 is 24.6. The molecule has 4 heteroatoms. The van der Waals surface area contributed by atoms with Gasteiger partial charge in [-0.05, 0) is 36.3 Å². The fourth-order valence-corrected chi connectivity index (χ4v) is 4.19.